The zero-order chi connectivity index (χ0) is 20.2. The number of benzene rings is 1. The van der Waals surface area contributed by atoms with Crippen molar-refractivity contribution in [3.05, 3.63) is 48.0 Å². The Kier molecular flexibility index (Phi) is 5.99. The molecule has 0 aliphatic carbocycles. The highest BCUT2D eigenvalue weighted by Gasteiger charge is 2.40. The molecular weight excluding hydrogens is 352 g/mol. The first kappa shape index (κ1) is 20.2. The minimum absolute atomic E-state index is 0.151. The summed E-state index contributed by atoms with van der Waals surface area (Å²) in [5.74, 6) is -2.41. The Bertz CT molecular complexity index is 746. The number of nitrogens with zero attached hydrogens (tertiary/aromatic N) is 1. The molecule has 0 saturated heterocycles. The van der Waals surface area contributed by atoms with Gasteiger partial charge in [0.15, 0.2) is 0 Å². The van der Waals surface area contributed by atoms with Gasteiger partial charge in [-0.25, -0.2) is 9.59 Å². The molecule has 1 aromatic carbocycles. The van der Waals surface area contributed by atoms with E-state index < -0.39 is 35.5 Å². The molecule has 1 N–H and O–H groups in total. The Morgan fingerprint density at radius 2 is 1.74 bits per heavy atom. The number of hydrogen-bond donors (Lipinski definition) is 1. The third-order valence-electron chi connectivity index (χ3n) is 3.57. The van der Waals surface area contributed by atoms with E-state index in [1.807, 2.05) is 0 Å². The summed E-state index contributed by atoms with van der Waals surface area (Å²) in [5, 5.41) is 2.81. The van der Waals surface area contributed by atoms with E-state index in [1.54, 1.807) is 39.0 Å². The monoisotopic (exact) mass is 374 g/mol. The second-order valence-electron chi connectivity index (χ2n) is 6.93. The number of amides is 3. The number of imide groups is 1. The van der Waals surface area contributed by atoms with Gasteiger partial charge in [-0.2, -0.15) is 0 Å². The van der Waals surface area contributed by atoms with Crippen LogP contribution >= 0.6 is 0 Å². The van der Waals surface area contributed by atoms with Gasteiger partial charge in [0.2, 0.25) is 0 Å². The number of ether oxygens (including phenoxy) is 1. The lowest BCUT2D eigenvalue weighted by Crippen LogP contribution is -2.46. The Morgan fingerprint density at radius 3 is 2.22 bits per heavy atom. The van der Waals surface area contributed by atoms with Crippen molar-refractivity contribution in [1.82, 2.24) is 10.4 Å². The molecule has 8 nitrogen and oxygen atoms in total. The number of carbonyl (C=O) groups excluding carboxylic acids is 4. The van der Waals surface area contributed by atoms with Crippen molar-refractivity contribution < 1.29 is 28.8 Å². The zero-order valence-electron chi connectivity index (χ0n) is 15.5. The van der Waals surface area contributed by atoms with Crippen molar-refractivity contribution in [2.24, 2.45) is 0 Å². The Hall–Kier alpha value is -3.16. The van der Waals surface area contributed by atoms with Gasteiger partial charge in [-0.3, -0.25) is 9.59 Å². The van der Waals surface area contributed by atoms with Crippen molar-refractivity contribution in [3.8, 4) is 0 Å². The van der Waals surface area contributed by atoms with Gasteiger partial charge in [-0.15, -0.1) is 6.58 Å². The maximum absolute atomic E-state index is 12.5. The average molecular weight is 374 g/mol. The lowest BCUT2D eigenvalue weighted by Gasteiger charge is -2.23. The quantitative estimate of drug-likeness (QED) is 0.607. The molecule has 2 rings (SSSR count). The van der Waals surface area contributed by atoms with Crippen molar-refractivity contribution in [2.45, 2.75) is 45.3 Å². The van der Waals surface area contributed by atoms with Gasteiger partial charge in [0.05, 0.1) is 11.1 Å². The average Bonchev–Trinajstić information content (AvgIpc) is 2.82. The third kappa shape index (κ3) is 4.93. The lowest BCUT2D eigenvalue weighted by atomic mass is 10.1. The van der Waals surface area contributed by atoms with Crippen LogP contribution in [0.15, 0.2) is 36.9 Å². The predicted molar refractivity (Wildman–Crippen MR) is 95.6 cm³/mol. The molecule has 0 radical (unpaired) electrons. The summed E-state index contributed by atoms with van der Waals surface area (Å²) >= 11 is 0. The SMILES string of the molecule is C=CCCC(NC(=O)OC(C)(C)C)C(=O)ON1C(=O)c2ccccc2C1=O. The normalized spacial score (nSPS) is 14.4. The van der Waals surface area contributed by atoms with E-state index in [0.29, 0.717) is 11.5 Å². The summed E-state index contributed by atoms with van der Waals surface area (Å²) in [6.45, 7) is 8.62. The number of fused-ring (bicyclic) bond motifs is 1. The van der Waals surface area contributed by atoms with Gasteiger partial charge < -0.3 is 14.9 Å². The summed E-state index contributed by atoms with van der Waals surface area (Å²) in [6, 6.07) is 5.04. The van der Waals surface area contributed by atoms with Gasteiger partial charge >= 0.3 is 12.1 Å². The maximum atomic E-state index is 12.5. The molecular formula is C19H22N2O6. The number of alkyl carbamates (subject to hydrolysis) is 1. The van der Waals surface area contributed by atoms with Crippen LogP contribution in [0.1, 0.15) is 54.3 Å². The molecule has 1 unspecified atom stereocenters. The van der Waals surface area contributed by atoms with Crippen molar-refractivity contribution in [2.75, 3.05) is 0 Å². The fourth-order valence-corrected chi connectivity index (χ4v) is 2.39. The van der Waals surface area contributed by atoms with E-state index in [-0.39, 0.29) is 17.5 Å². The second kappa shape index (κ2) is 8.03. The van der Waals surface area contributed by atoms with Crippen LogP contribution < -0.4 is 5.32 Å². The van der Waals surface area contributed by atoms with E-state index in [1.165, 1.54) is 12.1 Å². The van der Waals surface area contributed by atoms with Crippen molar-refractivity contribution >= 4 is 23.9 Å². The summed E-state index contributed by atoms with van der Waals surface area (Å²) in [6.07, 6.45) is 1.33. The van der Waals surface area contributed by atoms with E-state index in [2.05, 4.69) is 11.9 Å². The molecule has 1 aliphatic rings. The molecule has 0 fully saturated rings. The molecule has 0 saturated carbocycles. The minimum atomic E-state index is -1.11. The topological polar surface area (TPSA) is 102 Å². The molecule has 0 spiro atoms. The smallest absolute Gasteiger partial charge is 0.408 e. The summed E-state index contributed by atoms with van der Waals surface area (Å²) in [7, 11) is 0. The molecule has 1 aromatic rings. The third-order valence-corrected chi connectivity index (χ3v) is 3.57. The van der Waals surface area contributed by atoms with Crippen LogP contribution in [-0.4, -0.2) is 40.6 Å². The van der Waals surface area contributed by atoms with E-state index in [9.17, 15) is 19.2 Å². The fraction of sp³-hybridized carbons (Fsp3) is 0.368. The highest BCUT2D eigenvalue weighted by atomic mass is 16.7. The van der Waals surface area contributed by atoms with Crippen LogP contribution in [0.3, 0.4) is 0 Å². The predicted octanol–water partition coefficient (Wildman–Crippen LogP) is 2.60. The van der Waals surface area contributed by atoms with Crippen LogP contribution in [0.25, 0.3) is 0 Å². The number of hydrogen-bond acceptors (Lipinski definition) is 6. The number of nitrogens with one attached hydrogen (secondary N) is 1. The van der Waals surface area contributed by atoms with Gasteiger partial charge in [-0.05, 0) is 45.7 Å². The Balaban J connectivity index is 2.10. The number of rotatable bonds is 6. The summed E-state index contributed by atoms with van der Waals surface area (Å²) < 4.78 is 5.13. The Morgan fingerprint density at radius 1 is 1.19 bits per heavy atom. The van der Waals surface area contributed by atoms with Gasteiger partial charge in [0.1, 0.15) is 11.6 Å². The maximum Gasteiger partial charge on any atom is 0.408 e. The summed E-state index contributed by atoms with van der Waals surface area (Å²) in [5.41, 5.74) is -0.449. The number of allylic oxidation sites excluding steroid dienone is 1. The highest BCUT2D eigenvalue weighted by Crippen LogP contribution is 2.23. The molecule has 27 heavy (non-hydrogen) atoms. The van der Waals surface area contributed by atoms with Crippen LogP contribution in [-0.2, 0) is 14.4 Å². The molecule has 1 aliphatic heterocycles. The second-order valence-corrected chi connectivity index (χ2v) is 6.93. The first-order valence-corrected chi connectivity index (χ1v) is 8.44. The first-order chi connectivity index (χ1) is 12.6. The van der Waals surface area contributed by atoms with E-state index >= 15 is 0 Å². The van der Waals surface area contributed by atoms with Gasteiger partial charge in [0, 0.05) is 0 Å². The first-order valence-electron chi connectivity index (χ1n) is 8.44. The molecule has 8 heteroatoms. The lowest BCUT2D eigenvalue weighted by molar-refractivity contribution is -0.171. The molecule has 144 valence electrons. The molecule has 0 bridgehead atoms. The van der Waals surface area contributed by atoms with Crippen LogP contribution in [0.2, 0.25) is 0 Å². The molecule has 0 aromatic heterocycles. The highest BCUT2D eigenvalue weighted by molar-refractivity contribution is 6.20. The standard InChI is InChI=1S/C19H22N2O6/c1-5-6-11-14(20-18(25)26-19(2,3)4)17(24)27-21-15(22)12-9-7-8-10-13(12)16(21)23/h5,7-10,14H,1,6,11H2,2-4H3,(H,20,25). The van der Waals surface area contributed by atoms with E-state index in [4.69, 9.17) is 9.57 Å². The number of carbonyl (C=O) groups is 4. The van der Waals surface area contributed by atoms with E-state index in [0.717, 1.165) is 0 Å². The van der Waals surface area contributed by atoms with Crippen LogP contribution in [0.4, 0.5) is 4.79 Å². The number of hydroxylamine groups is 2. The fourth-order valence-electron chi connectivity index (χ4n) is 2.39. The summed E-state index contributed by atoms with van der Waals surface area (Å²) in [4.78, 5) is 54.0. The molecule has 1 atom stereocenters. The zero-order valence-corrected chi connectivity index (χ0v) is 15.5. The van der Waals surface area contributed by atoms with Gasteiger partial charge in [0.25, 0.3) is 11.8 Å². The van der Waals surface area contributed by atoms with Gasteiger partial charge in [-0.1, -0.05) is 23.3 Å². The van der Waals surface area contributed by atoms with Crippen LogP contribution in [0.5, 0.6) is 0 Å². The van der Waals surface area contributed by atoms with Crippen LogP contribution in [0, 0.1) is 0 Å². The largest absolute Gasteiger partial charge is 0.444 e. The molecule has 3 amide bonds. The minimum Gasteiger partial charge on any atom is -0.444 e. The molecule has 1 heterocycles. The Labute approximate surface area is 157 Å². The van der Waals surface area contributed by atoms with Crippen molar-refractivity contribution in [1.29, 1.82) is 0 Å². The van der Waals surface area contributed by atoms with Crippen molar-refractivity contribution in [3.63, 3.8) is 0 Å².